The Labute approximate surface area is 177 Å². The predicted molar refractivity (Wildman–Crippen MR) is 95.8 cm³/mol. The van der Waals surface area contributed by atoms with E-state index in [2.05, 4.69) is 38.1 Å². The second-order valence-electron chi connectivity index (χ2n) is 6.49. The maximum Gasteiger partial charge on any atom is 0.259 e. The van der Waals surface area contributed by atoms with Gasteiger partial charge in [-0.1, -0.05) is 32.3 Å². The molecular formula is C18H30N2O3PU-. The van der Waals surface area contributed by atoms with Gasteiger partial charge < -0.3 is 13.8 Å². The van der Waals surface area contributed by atoms with Crippen molar-refractivity contribution in [1.29, 1.82) is 5.26 Å². The van der Waals surface area contributed by atoms with E-state index in [4.69, 9.17) is 19.0 Å². The molecule has 2 bridgehead atoms. The van der Waals surface area contributed by atoms with Crippen molar-refractivity contribution in [3.05, 3.63) is 18.8 Å². The van der Waals surface area contributed by atoms with Gasteiger partial charge in [0.05, 0.1) is 30.8 Å². The summed E-state index contributed by atoms with van der Waals surface area (Å²) in [7, 11) is -1.19. The molecule has 1 aliphatic carbocycles. The first kappa shape index (κ1) is 23.6. The number of nitrogens with zero attached hydrogens (tertiary/aromatic N) is 2. The van der Waals surface area contributed by atoms with Crippen LogP contribution in [0, 0.1) is 55.0 Å². The molecule has 1 saturated heterocycles. The molecule has 1 unspecified atom stereocenters. The predicted octanol–water partition coefficient (Wildman–Crippen LogP) is 4.57. The van der Waals surface area contributed by atoms with Gasteiger partial charge in [-0.2, -0.15) is 5.26 Å². The van der Waals surface area contributed by atoms with Crippen molar-refractivity contribution >= 4 is 8.53 Å². The Bertz CT molecular complexity index is 468. The molecule has 1 heterocycles. The molecule has 0 radical (unpaired) electrons. The van der Waals surface area contributed by atoms with E-state index in [9.17, 15) is 0 Å². The van der Waals surface area contributed by atoms with Crippen molar-refractivity contribution in [3.63, 3.8) is 0 Å². The van der Waals surface area contributed by atoms with E-state index < -0.39 is 8.53 Å². The SMILES string of the molecule is C=C1C[C@]2(CC)O[CH-][C@H]1[C@@H]2OP(OCCC#N)N(CCC)CCC.[U]. The van der Waals surface area contributed by atoms with Gasteiger partial charge in [-0.05, 0) is 25.7 Å². The maximum atomic E-state index is 8.80. The van der Waals surface area contributed by atoms with Crippen molar-refractivity contribution in [2.75, 3.05) is 19.7 Å². The van der Waals surface area contributed by atoms with Crippen LogP contribution in [0.3, 0.4) is 0 Å². The van der Waals surface area contributed by atoms with Crippen LogP contribution in [0.25, 0.3) is 0 Å². The van der Waals surface area contributed by atoms with E-state index in [1.54, 1.807) is 0 Å². The van der Waals surface area contributed by atoms with Gasteiger partial charge in [0.1, 0.15) is 0 Å². The number of hydrogen-bond donors (Lipinski definition) is 0. The Hall–Kier alpha value is 0.552. The summed E-state index contributed by atoms with van der Waals surface area (Å²) in [5.41, 5.74) is 0.906. The normalized spacial score (nSPS) is 28.8. The minimum atomic E-state index is -1.19. The van der Waals surface area contributed by atoms with Crippen LogP contribution in [0.2, 0.25) is 0 Å². The first-order valence-corrected chi connectivity index (χ1v) is 10.1. The molecule has 25 heavy (non-hydrogen) atoms. The molecule has 1 aliphatic heterocycles. The van der Waals surface area contributed by atoms with Crippen LogP contribution in [-0.2, 0) is 13.8 Å². The molecule has 0 aromatic carbocycles. The third kappa shape index (κ3) is 5.52. The molecule has 140 valence electrons. The third-order valence-corrected chi connectivity index (χ3v) is 6.38. The first-order chi connectivity index (χ1) is 11.6. The van der Waals surface area contributed by atoms with Crippen molar-refractivity contribution < 1.29 is 44.9 Å². The average Bonchev–Trinajstić information content (AvgIpc) is 3.05. The van der Waals surface area contributed by atoms with Gasteiger partial charge in [0.25, 0.3) is 8.53 Å². The molecular weight excluding hydrogens is 561 g/mol. The Morgan fingerprint density at radius 3 is 2.60 bits per heavy atom. The van der Waals surface area contributed by atoms with Gasteiger partial charge in [0, 0.05) is 44.2 Å². The summed E-state index contributed by atoms with van der Waals surface area (Å²) in [6, 6.07) is 2.14. The molecule has 2 aliphatic rings. The molecule has 4 atom stereocenters. The Kier molecular flexibility index (Phi) is 10.8. The minimum absolute atomic E-state index is 0. The third-order valence-electron chi connectivity index (χ3n) is 4.70. The number of ether oxygens (including phenoxy) is 1. The van der Waals surface area contributed by atoms with Crippen molar-refractivity contribution in [3.8, 4) is 6.07 Å². The van der Waals surface area contributed by atoms with E-state index in [1.807, 2.05) is 6.61 Å². The average molecular weight is 591 g/mol. The van der Waals surface area contributed by atoms with Crippen LogP contribution in [0.4, 0.5) is 0 Å². The summed E-state index contributed by atoms with van der Waals surface area (Å²) in [4.78, 5) is 0. The standard InChI is InChI=1S/C18H30N2O3P.U/c1-5-10-20(11-6-2)24(22-12-8-9-19)23-17-16-14-21-18(17,7-3)13-15(16)4;/h14,16-17H,4-8,10-13H2,1-3H3;/q-1;/t16-,17+,18+,24?;/m1./s1. The van der Waals surface area contributed by atoms with Crippen LogP contribution in [0.15, 0.2) is 12.2 Å². The molecule has 1 saturated carbocycles. The Morgan fingerprint density at radius 1 is 1.40 bits per heavy atom. The maximum absolute atomic E-state index is 8.80. The quantitative estimate of drug-likeness (QED) is 0.153. The van der Waals surface area contributed by atoms with Crippen molar-refractivity contribution in [2.45, 2.75) is 64.6 Å². The Balaban J connectivity index is 0.00000312. The monoisotopic (exact) mass is 591 g/mol. The zero-order valence-corrected chi connectivity index (χ0v) is 20.7. The molecule has 2 fully saturated rings. The van der Waals surface area contributed by atoms with Crippen LogP contribution in [0.1, 0.15) is 52.9 Å². The number of rotatable bonds is 11. The zero-order chi connectivity index (χ0) is 17.6. The van der Waals surface area contributed by atoms with Gasteiger partial charge in [-0.15, -0.1) is 6.58 Å². The number of nitriles is 1. The van der Waals surface area contributed by atoms with E-state index in [-0.39, 0.29) is 48.7 Å². The van der Waals surface area contributed by atoms with Gasteiger partial charge in [0.2, 0.25) is 0 Å². The first-order valence-electron chi connectivity index (χ1n) is 9.02. The molecule has 0 aromatic rings. The van der Waals surface area contributed by atoms with Crippen LogP contribution in [0.5, 0.6) is 0 Å². The summed E-state index contributed by atoms with van der Waals surface area (Å²) >= 11 is 0. The van der Waals surface area contributed by atoms with Crippen molar-refractivity contribution in [2.24, 2.45) is 5.92 Å². The molecule has 0 aromatic heterocycles. The zero-order valence-electron chi connectivity index (χ0n) is 15.7. The molecule has 7 heteroatoms. The topological polar surface area (TPSA) is 54.7 Å². The van der Waals surface area contributed by atoms with E-state index in [0.717, 1.165) is 38.8 Å². The number of fused-ring (bicyclic) bond motifs is 2. The largest absolute Gasteiger partial charge is 0.545 e. The minimum Gasteiger partial charge on any atom is -0.545 e. The van der Waals surface area contributed by atoms with Gasteiger partial charge in [0.15, 0.2) is 0 Å². The molecule has 5 nitrogen and oxygen atoms in total. The Morgan fingerprint density at radius 2 is 2.08 bits per heavy atom. The summed E-state index contributed by atoms with van der Waals surface area (Å²) in [6.45, 7) is 14.8. The van der Waals surface area contributed by atoms with Crippen LogP contribution < -0.4 is 0 Å². The molecule has 2 rings (SSSR count). The molecule has 0 N–H and O–H groups in total. The van der Waals surface area contributed by atoms with Gasteiger partial charge in [-0.25, -0.2) is 11.3 Å². The van der Waals surface area contributed by atoms with Crippen LogP contribution in [-0.4, -0.2) is 36.1 Å². The van der Waals surface area contributed by atoms with E-state index in [0.29, 0.717) is 13.0 Å². The van der Waals surface area contributed by atoms with Crippen molar-refractivity contribution in [1.82, 2.24) is 4.67 Å². The summed E-state index contributed by atoms with van der Waals surface area (Å²) in [5, 5.41) is 8.80. The number of hydrogen-bond acceptors (Lipinski definition) is 5. The van der Waals surface area contributed by atoms with E-state index in [1.165, 1.54) is 5.57 Å². The fourth-order valence-corrected chi connectivity index (χ4v) is 5.29. The fourth-order valence-electron chi connectivity index (χ4n) is 3.44. The summed E-state index contributed by atoms with van der Waals surface area (Å²) in [5.74, 6) is 0.152. The second kappa shape index (κ2) is 11.4. The second-order valence-corrected chi connectivity index (χ2v) is 8.00. The van der Waals surface area contributed by atoms with Gasteiger partial charge >= 0.3 is 0 Å². The van der Waals surface area contributed by atoms with Gasteiger partial charge in [-0.3, -0.25) is 0 Å². The van der Waals surface area contributed by atoms with Crippen LogP contribution >= 0.6 is 8.53 Å². The fraction of sp³-hybridized carbons (Fsp3) is 0.778. The molecule has 0 spiro atoms. The summed E-state index contributed by atoms with van der Waals surface area (Å²) < 4.78 is 20.8. The summed E-state index contributed by atoms with van der Waals surface area (Å²) in [6.07, 6.45) is 4.21. The smallest absolute Gasteiger partial charge is 0.259 e. The van der Waals surface area contributed by atoms with E-state index >= 15 is 0 Å². The molecule has 0 amide bonds.